The zero-order valence-electron chi connectivity index (χ0n) is 10.5. The van der Waals surface area contributed by atoms with E-state index in [2.05, 4.69) is 10.3 Å². The summed E-state index contributed by atoms with van der Waals surface area (Å²) in [6.07, 6.45) is 0. The van der Waals surface area contributed by atoms with Gasteiger partial charge in [-0.1, -0.05) is 29.5 Å². The van der Waals surface area contributed by atoms with Crippen LogP contribution in [0.15, 0.2) is 24.3 Å². The van der Waals surface area contributed by atoms with Gasteiger partial charge in [-0.2, -0.15) is 0 Å². The number of aryl methyl sites for hydroxylation is 1. The van der Waals surface area contributed by atoms with Crippen LogP contribution in [0.4, 0.5) is 9.52 Å². The van der Waals surface area contributed by atoms with Gasteiger partial charge in [0.25, 0.3) is 0 Å². The van der Waals surface area contributed by atoms with Crippen LogP contribution in [0.2, 0.25) is 0 Å². The van der Waals surface area contributed by atoms with Crippen LogP contribution in [0.3, 0.4) is 0 Å². The molecule has 0 radical (unpaired) electrons. The number of halogens is 1. The minimum absolute atomic E-state index is 0.197. The van der Waals surface area contributed by atoms with Gasteiger partial charge in [0.1, 0.15) is 10.7 Å². The number of rotatable bonds is 4. The number of aromatic nitrogens is 1. The highest BCUT2D eigenvalue weighted by molar-refractivity contribution is 7.17. The molecule has 2 rings (SSSR count). The van der Waals surface area contributed by atoms with Crippen LogP contribution in [0.1, 0.15) is 33.9 Å². The number of aromatic carboxylic acids is 1. The number of carboxylic acid groups (broad SMARTS) is 1. The van der Waals surface area contributed by atoms with Gasteiger partial charge in [0.05, 0.1) is 11.7 Å². The fourth-order valence-corrected chi connectivity index (χ4v) is 2.64. The molecule has 0 bridgehead atoms. The van der Waals surface area contributed by atoms with Crippen LogP contribution < -0.4 is 5.32 Å². The van der Waals surface area contributed by atoms with E-state index in [4.69, 9.17) is 5.11 Å². The summed E-state index contributed by atoms with van der Waals surface area (Å²) in [5.41, 5.74) is 0.980. The fourth-order valence-electron chi connectivity index (χ4n) is 1.75. The van der Waals surface area contributed by atoms with Gasteiger partial charge in [-0.3, -0.25) is 0 Å². The van der Waals surface area contributed by atoms with Gasteiger partial charge in [0, 0.05) is 5.56 Å². The minimum Gasteiger partial charge on any atom is -0.477 e. The molecule has 19 heavy (non-hydrogen) atoms. The quantitative estimate of drug-likeness (QED) is 0.900. The lowest BCUT2D eigenvalue weighted by Gasteiger charge is -2.13. The first-order valence-corrected chi connectivity index (χ1v) is 6.52. The molecule has 1 atom stereocenters. The van der Waals surface area contributed by atoms with Crippen molar-refractivity contribution in [1.29, 1.82) is 0 Å². The maximum atomic E-state index is 13.6. The van der Waals surface area contributed by atoms with E-state index in [9.17, 15) is 9.18 Å². The fraction of sp³-hybridized carbons (Fsp3) is 0.231. The van der Waals surface area contributed by atoms with Crippen molar-refractivity contribution in [1.82, 2.24) is 4.98 Å². The minimum atomic E-state index is -0.999. The lowest BCUT2D eigenvalue weighted by atomic mass is 10.1. The normalized spacial score (nSPS) is 12.2. The lowest BCUT2D eigenvalue weighted by molar-refractivity contribution is 0.0701. The molecule has 0 amide bonds. The second-order valence-corrected chi connectivity index (χ2v) is 5.13. The molecule has 0 fully saturated rings. The monoisotopic (exact) mass is 280 g/mol. The van der Waals surface area contributed by atoms with E-state index in [0.717, 1.165) is 11.3 Å². The van der Waals surface area contributed by atoms with Crippen molar-refractivity contribution in [2.45, 2.75) is 19.9 Å². The third-order valence-electron chi connectivity index (χ3n) is 2.70. The van der Waals surface area contributed by atoms with Crippen molar-refractivity contribution >= 4 is 22.4 Å². The Labute approximate surface area is 113 Å². The molecular weight excluding hydrogens is 267 g/mol. The van der Waals surface area contributed by atoms with Crippen molar-refractivity contribution in [2.75, 3.05) is 5.32 Å². The number of nitrogens with one attached hydrogen (secondary N) is 1. The molecule has 4 nitrogen and oxygen atoms in total. The molecule has 0 aliphatic heterocycles. The van der Waals surface area contributed by atoms with Crippen LogP contribution in [-0.2, 0) is 0 Å². The summed E-state index contributed by atoms with van der Waals surface area (Å²) in [6.45, 7) is 3.44. The molecule has 1 aromatic carbocycles. The Morgan fingerprint density at radius 3 is 2.74 bits per heavy atom. The third-order valence-corrected chi connectivity index (χ3v) is 3.78. The molecule has 6 heteroatoms. The predicted octanol–water partition coefficient (Wildman–Crippen LogP) is 3.46. The number of nitrogens with zero attached hydrogens (tertiary/aromatic N) is 1. The van der Waals surface area contributed by atoms with E-state index < -0.39 is 5.97 Å². The predicted molar refractivity (Wildman–Crippen MR) is 72.2 cm³/mol. The van der Waals surface area contributed by atoms with Crippen molar-refractivity contribution < 1.29 is 14.3 Å². The molecular formula is C13H13FN2O2S. The Bertz CT molecular complexity index is 612. The first-order valence-electron chi connectivity index (χ1n) is 5.70. The van der Waals surface area contributed by atoms with Crippen molar-refractivity contribution in [3.63, 3.8) is 0 Å². The van der Waals surface area contributed by atoms with E-state index in [1.807, 2.05) is 0 Å². The van der Waals surface area contributed by atoms with Crippen LogP contribution in [0.25, 0.3) is 0 Å². The average molecular weight is 280 g/mol. The second kappa shape index (κ2) is 5.36. The molecule has 100 valence electrons. The Kier molecular flexibility index (Phi) is 3.80. The number of carbonyl (C=O) groups is 1. The molecule has 0 aliphatic rings. The Morgan fingerprint density at radius 2 is 2.16 bits per heavy atom. The lowest BCUT2D eigenvalue weighted by Crippen LogP contribution is -2.08. The van der Waals surface area contributed by atoms with Crippen LogP contribution in [0, 0.1) is 12.7 Å². The van der Waals surface area contributed by atoms with E-state index in [-0.39, 0.29) is 16.7 Å². The highest BCUT2D eigenvalue weighted by atomic mass is 32.1. The molecule has 1 aromatic heterocycles. The molecule has 1 heterocycles. The standard InChI is InChI=1S/C13H13FN2O2S/c1-7(9-5-3-4-6-10(9)14)15-13-16-8(2)11(19-13)12(17)18/h3-7H,1-2H3,(H,15,16)(H,17,18). The third kappa shape index (κ3) is 2.90. The summed E-state index contributed by atoms with van der Waals surface area (Å²) in [5, 5.41) is 12.5. The number of hydrogen-bond donors (Lipinski definition) is 2. The molecule has 0 saturated carbocycles. The van der Waals surface area contributed by atoms with Gasteiger partial charge in [0.2, 0.25) is 0 Å². The number of anilines is 1. The Hall–Kier alpha value is -1.95. The van der Waals surface area contributed by atoms with Gasteiger partial charge in [-0.25, -0.2) is 14.2 Å². The summed E-state index contributed by atoms with van der Waals surface area (Å²) >= 11 is 1.05. The Balaban J connectivity index is 2.20. The van der Waals surface area contributed by atoms with Gasteiger partial charge < -0.3 is 10.4 Å². The van der Waals surface area contributed by atoms with Crippen LogP contribution in [-0.4, -0.2) is 16.1 Å². The molecule has 2 N–H and O–H groups in total. The molecule has 1 unspecified atom stereocenters. The van der Waals surface area contributed by atoms with Gasteiger partial charge in [0.15, 0.2) is 5.13 Å². The van der Waals surface area contributed by atoms with E-state index in [1.165, 1.54) is 6.07 Å². The summed E-state index contributed by atoms with van der Waals surface area (Å²) < 4.78 is 13.6. The number of hydrogen-bond acceptors (Lipinski definition) is 4. The van der Waals surface area contributed by atoms with Crippen molar-refractivity contribution in [3.05, 3.63) is 46.2 Å². The summed E-state index contributed by atoms with van der Waals surface area (Å²) in [7, 11) is 0. The average Bonchev–Trinajstić information content (AvgIpc) is 2.70. The number of benzene rings is 1. The van der Waals surface area contributed by atoms with Crippen LogP contribution in [0.5, 0.6) is 0 Å². The highest BCUT2D eigenvalue weighted by Crippen LogP contribution is 2.27. The van der Waals surface area contributed by atoms with E-state index in [0.29, 0.717) is 16.4 Å². The zero-order chi connectivity index (χ0) is 14.0. The number of thiazole rings is 1. The first-order chi connectivity index (χ1) is 8.99. The topological polar surface area (TPSA) is 62.2 Å². The second-order valence-electron chi connectivity index (χ2n) is 4.13. The largest absolute Gasteiger partial charge is 0.477 e. The van der Waals surface area contributed by atoms with Gasteiger partial charge in [-0.05, 0) is 19.9 Å². The first kappa shape index (κ1) is 13.5. The number of carboxylic acids is 1. The summed E-state index contributed by atoms with van der Waals surface area (Å²) in [6, 6.07) is 6.18. The van der Waals surface area contributed by atoms with E-state index >= 15 is 0 Å². The maximum absolute atomic E-state index is 13.6. The van der Waals surface area contributed by atoms with Crippen molar-refractivity contribution in [3.8, 4) is 0 Å². The van der Waals surface area contributed by atoms with Crippen molar-refractivity contribution in [2.24, 2.45) is 0 Å². The molecule has 0 spiro atoms. The van der Waals surface area contributed by atoms with E-state index in [1.54, 1.807) is 32.0 Å². The summed E-state index contributed by atoms with van der Waals surface area (Å²) in [5.74, 6) is -1.30. The zero-order valence-corrected chi connectivity index (χ0v) is 11.3. The SMILES string of the molecule is Cc1nc(NC(C)c2ccccc2F)sc1C(=O)O. The van der Waals surface area contributed by atoms with Crippen LogP contribution >= 0.6 is 11.3 Å². The molecule has 2 aromatic rings. The maximum Gasteiger partial charge on any atom is 0.347 e. The highest BCUT2D eigenvalue weighted by Gasteiger charge is 2.16. The smallest absolute Gasteiger partial charge is 0.347 e. The molecule has 0 aliphatic carbocycles. The molecule has 0 saturated heterocycles. The van der Waals surface area contributed by atoms with Gasteiger partial charge >= 0.3 is 5.97 Å². The Morgan fingerprint density at radius 1 is 1.47 bits per heavy atom. The van der Waals surface area contributed by atoms with Gasteiger partial charge in [-0.15, -0.1) is 0 Å². The summed E-state index contributed by atoms with van der Waals surface area (Å²) in [4.78, 5) is 15.3.